The molecule has 4 aliphatic carbocycles. The van der Waals surface area contributed by atoms with Crippen LogP contribution in [0.4, 0.5) is 0 Å². The molecule has 0 heterocycles. The van der Waals surface area contributed by atoms with E-state index in [1.165, 1.54) is 44.1 Å². The van der Waals surface area contributed by atoms with Crippen molar-refractivity contribution in [3.05, 3.63) is 23.8 Å². The third-order valence-electron chi connectivity index (χ3n) is 10.0. The molecule has 4 aliphatic rings. The average Bonchev–Trinajstić information content (AvgIpc) is 3.19. The quantitative estimate of drug-likeness (QED) is 0.121. The van der Waals surface area contributed by atoms with Crippen molar-refractivity contribution < 1.29 is 14.3 Å². The van der Waals surface area contributed by atoms with Gasteiger partial charge in [0.15, 0.2) is 11.4 Å². The Morgan fingerprint density at radius 3 is 2.50 bits per heavy atom. The Hall–Kier alpha value is -1.53. The number of fused-ring (bicyclic) bond motifs is 5. The minimum Gasteiger partial charge on any atom is -0.441 e. The summed E-state index contributed by atoms with van der Waals surface area (Å²) >= 11 is 6.02. The lowest BCUT2D eigenvalue weighted by Gasteiger charge is -2.56. The van der Waals surface area contributed by atoms with E-state index in [1.54, 1.807) is 0 Å². The van der Waals surface area contributed by atoms with Crippen LogP contribution in [0.1, 0.15) is 117 Å². The first-order valence-corrected chi connectivity index (χ1v) is 15.2. The maximum Gasteiger partial charge on any atom is 0.307 e. The number of ether oxygens (including phenoxy) is 1. The fourth-order valence-corrected chi connectivity index (χ4v) is 8.34. The van der Waals surface area contributed by atoms with Crippen LogP contribution in [0, 0.1) is 40.4 Å². The van der Waals surface area contributed by atoms with Gasteiger partial charge < -0.3 is 4.74 Å². The van der Waals surface area contributed by atoms with Crippen molar-refractivity contribution >= 4 is 23.4 Å². The highest BCUT2D eigenvalue weighted by molar-refractivity contribution is 6.30. The number of hydrogen-bond acceptors (Lipinski definition) is 3. The normalized spacial score (nSPS) is 34.6. The molecule has 198 valence electrons. The smallest absolute Gasteiger partial charge is 0.307 e. The number of hydrogen-bond donors (Lipinski definition) is 0. The van der Waals surface area contributed by atoms with Crippen LogP contribution < -0.4 is 0 Å². The maximum absolute atomic E-state index is 13.1. The van der Waals surface area contributed by atoms with E-state index in [2.05, 4.69) is 37.3 Å². The highest BCUT2D eigenvalue weighted by Gasteiger charge is 2.63. The number of unbranched alkanes of at least 4 members (excludes halogenated alkanes) is 7. The largest absolute Gasteiger partial charge is 0.441 e. The first-order valence-electron chi connectivity index (χ1n) is 14.8. The zero-order valence-electron chi connectivity index (χ0n) is 22.5. The van der Waals surface area contributed by atoms with Crippen molar-refractivity contribution in [1.82, 2.24) is 0 Å². The van der Waals surface area contributed by atoms with Gasteiger partial charge in [-0.3, -0.25) is 9.59 Å². The molecule has 0 aromatic carbocycles. The molecule has 0 saturated heterocycles. The molecule has 0 amide bonds. The van der Waals surface area contributed by atoms with Gasteiger partial charge in [-0.2, -0.15) is 0 Å². The Bertz CT molecular complexity index is 923. The Morgan fingerprint density at radius 1 is 1.03 bits per heavy atom. The SMILES string of the molecule is CCCCCCCCCCC(=O)O[C@@]1(C#CCl)C=C[C@H]2[C@@H]3CCC4=CC(=O)CC[C@@H]4[C@H]3CC[C@@]21CC. The van der Waals surface area contributed by atoms with E-state index < -0.39 is 5.60 Å². The van der Waals surface area contributed by atoms with Crippen LogP contribution in [0.15, 0.2) is 23.8 Å². The zero-order chi connectivity index (χ0) is 25.6. The van der Waals surface area contributed by atoms with Crippen molar-refractivity contribution in [3.8, 4) is 11.3 Å². The molecule has 4 rings (SSSR count). The van der Waals surface area contributed by atoms with Crippen LogP contribution in [-0.2, 0) is 14.3 Å². The molecular formula is C32H45ClO3. The fourth-order valence-electron chi connectivity index (χ4n) is 8.20. The molecule has 0 unspecified atom stereocenters. The van der Waals surface area contributed by atoms with Crippen molar-refractivity contribution in [2.45, 2.75) is 122 Å². The van der Waals surface area contributed by atoms with Crippen LogP contribution >= 0.6 is 11.6 Å². The van der Waals surface area contributed by atoms with E-state index in [1.807, 2.05) is 6.08 Å². The molecule has 6 atom stereocenters. The summed E-state index contributed by atoms with van der Waals surface area (Å²) in [5.41, 5.74) is 0.258. The molecule has 2 saturated carbocycles. The molecule has 0 radical (unpaired) electrons. The van der Waals surface area contributed by atoms with Gasteiger partial charge in [-0.1, -0.05) is 70.4 Å². The number of ketones is 1. The Morgan fingerprint density at radius 2 is 1.78 bits per heavy atom. The van der Waals surface area contributed by atoms with Gasteiger partial charge in [0.2, 0.25) is 0 Å². The lowest BCUT2D eigenvalue weighted by molar-refractivity contribution is -0.168. The van der Waals surface area contributed by atoms with Crippen molar-refractivity contribution in [3.63, 3.8) is 0 Å². The third-order valence-corrected chi connectivity index (χ3v) is 10.1. The molecule has 4 heteroatoms. The number of carbonyl (C=O) groups excluding carboxylic acids is 2. The minimum atomic E-state index is -0.922. The topological polar surface area (TPSA) is 43.4 Å². The molecule has 0 aromatic heterocycles. The fraction of sp³-hybridized carbons (Fsp3) is 0.750. The molecular weight excluding hydrogens is 468 g/mol. The summed E-state index contributed by atoms with van der Waals surface area (Å²) in [7, 11) is 0. The first kappa shape index (κ1) is 27.5. The summed E-state index contributed by atoms with van der Waals surface area (Å²) in [5, 5.41) is 2.62. The molecule has 0 aromatic rings. The lowest BCUT2D eigenvalue weighted by atomic mass is 9.49. The number of esters is 1. The average molecular weight is 513 g/mol. The van der Waals surface area contributed by atoms with E-state index in [0.717, 1.165) is 51.4 Å². The Kier molecular flexibility index (Phi) is 9.43. The van der Waals surface area contributed by atoms with E-state index in [4.69, 9.17) is 16.3 Å². The van der Waals surface area contributed by atoms with Gasteiger partial charge in [-0.15, -0.1) is 0 Å². The Labute approximate surface area is 223 Å². The molecule has 0 aliphatic heterocycles. The van der Waals surface area contributed by atoms with Crippen LogP contribution in [0.5, 0.6) is 0 Å². The van der Waals surface area contributed by atoms with Gasteiger partial charge in [0.05, 0.1) is 0 Å². The predicted octanol–water partition coefficient (Wildman–Crippen LogP) is 8.31. The Balaban J connectivity index is 1.41. The van der Waals surface area contributed by atoms with Crippen LogP contribution in [0.3, 0.4) is 0 Å². The molecule has 3 nitrogen and oxygen atoms in total. The van der Waals surface area contributed by atoms with Crippen LogP contribution in [0.2, 0.25) is 0 Å². The molecule has 0 bridgehead atoms. The second-order valence-electron chi connectivity index (χ2n) is 11.8. The zero-order valence-corrected chi connectivity index (χ0v) is 23.2. The van der Waals surface area contributed by atoms with Gasteiger partial charge >= 0.3 is 5.97 Å². The molecule has 2 fully saturated rings. The van der Waals surface area contributed by atoms with Crippen LogP contribution in [-0.4, -0.2) is 17.4 Å². The summed E-state index contributed by atoms with van der Waals surface area (Å²) in [6.45, 7) is 4.47. The van der Waals surface area contributed by atoms with Gasteiger partial charge in [0, 0.05) is 23.6 Å². The van der Waals surface area contributed by atoms with Crippen molar-refractivity contribution in [2.24, 2.45) is 29.1 Å². The van der Waals surface area contributed by atoms with Crippen molar-refractivity contribution in [2.75, 3.05) is 0 Å². The van der Waals surface area contributed by atoms with Crippen molar-refractivity contribution in [1.29, 1.82) is 0 Å². The van der Waals surface area contributed by atoms with Crippen LogP contribution in [0.25, 0.3) is 0 Å². The van der Waals surface area contributed by atoms with Gasteiger partial charge in [-0.05, 0) is 98.3 Å². The van der Waals surface area contributed by atoms with Gasteiger partial charge in [0.1, 0.15) is 0 Å². The summed E-state index contributed by atoms with van der Waals surface area (Å²) in [4.78, 5) is 25.1. The standard InChI is InChI=1S/C32H45ClO3/c1-3-5-6-7-8-9-10-11-12-30(35)36-32(21-22-33)20-18-29-28-15-13-24-23-25(34)14-16-26(24)27(28)17-19-31(29,32)4-2/h18,20,23,26-29H,3-17,19H2,1-2H3/t26-,27+,28+,29-,31-,32+/m0/s1. The number of halogens is 1. The lowest BCUT2D eigenvalue weighted by Crippen LogP contribution is -2.55. The maximum atomic E-state index is 13.1. The van der Waals surface area contributed by atoms with E-state index in [0.29, 0.717) is 42.3 Å². The minimum absolute atomic E-state index is 0.139. The molecule has 0 N–H and O–H groups in total. The highest BCUT2D eigenvalue weighted by atomic mass is 35.5. The predicted molar refractivity (Wildman–Crippen MR) is 146 cm³/mol. The van der Waals surface area contributed by atoms with Gasteiger partial charge in [-0.25, -0.2) is 0 Å². The summed E-state index contributed by atoms with van der Waals surface area (Å²) in [6, 6.07) is 0. The highest BCUT2D eigenvalue weighted by Crippen LogP contribution is 2.64. The summed E-state index contributed by atoms with van der Waals surface area (Å²) in [5.74, 6) is 5.41. The number of rotatable bonds is 11. The van der Waals surface area contributed by atoms with E-state index in [9.17, 15) is 9.59 Å². The first-order chi connectivity index (χ1) is 17.5. The van der Waals surface area contributed by atoms with E-state index in [-0.39, 0.29) is 11.4 Å². The second-order valence-corrected chi connectivity index (χ2v) is 12.0. The monoisotopic (exact) mass is 512 g/mol. The summed E-state index contributed by atoms with van der Waals surface area (Å²) in [6.07, 6.45) is 23.2. The van der Waals surface area contributed by atoms with Gasteiger partial charge in [0.25, 0.3) is 0 Å². The molecule has 36 heavy (non-hydrogen) atoms. The molecule has 0 spiro atoms. The summed E-state index contributed by atoms with van der Waals surface area (Å²) < 4.78 is 6.32. The second kappa shape index (κ2) is 12.3. The number of allylic oxidation sites excluding steroid dienone is 3. The van der Waals surface area contributed by atoms with E-state index >= 15 is 0 Å². The number of carbonyl (C=O) groups is 2. The third kappa shape index (κ3) is 5.36.